The molecule has 0 aromatic heterocycles. The lowest BCUT2D eigenvalue weighted by molar-refractivity contribution is 0.730. The molecular weight excluding hydrogens is 336 g/mol. The van der Waals surface area contributed by atoms with E-state index in [4.69, 9.17) is 0 Å². The van der Waals surface area contributed by atoms with Crippen molar-refractivity contribution in [1.29, 1.82) is 0 Å². The van der Waals surface area contributed by atoms with E-state index < -0.39 is 0 Å². The van der Waals surface area contributed by atoms with E-state index in [1.54, 1.807) is 0 Å². The van der Waals surface area contributed by atoms with Crippen LogP contribution in [0.4, 0.5) is 0 Å². The number of hydrogen-bond donors (Lipinski definition) is 0. The van der Waals surface area contributed by atoms with Crippen LogP contribution in [-0.2, 0) is 0 Å². The van der Waals surface area contributed by atoms with Gasteiger partial charge in [0.1, 0.15) is 0 Å². The number of rotatable bonds is 5. The van der Waals surface area contributed by atoms with Crippen molar-refractivity contribution < 1.29 is 0 Å². The van der Waals surface area contributed by atoms with Crippen LogP contribution in [0.15, 0.2) is 85.1 Å². The van der Waals surface area contributed by atoms with Gasteiger partial charge in [-0.15, -0.1) is 0 Å². The van der Waals surface area contributed by atoms with Crippen LogP contribution in [0.25, 0.3) is 0 Å². The Bertz CT molecular complexity index is 432. The van der Waals surface area contributed by atoms with Gasteiger partial charge in [0, 0.05) is 0 Å². The van der Waals surface area contributed by atoms with Crippen molar-refractivity contribution in [3.63, 3.8) is 0 Å². The van der Waals surface area contributed by atoms with E-state index in [-0.39, 0.29) is 0 Å². The highest BCUT2D eigenvalue weighted by atomic mass is 13.9. The minimum atomic E-state index is 1.13. The molecule has 158 valence electrons. The lowest BCUT2D eigenvalue weighted by atomic mass is 10.1. The van der Waals surface area contributed by atoms with Crippen LogP contribution < -0.4 is 0 Å². The van der Waals surface area contributed by atoms with Crippen molar-refractivity contribution in [1.82, 2.24) is 0 Å². The second kappa shape index (κ2) is 29.9. The zero-order valence-electron chi connectivity index (χ0n) is 19.2. The Morgan fingerprint density at radius 2 is 0.929 bits per heavy atom. The molecule has 0 heteroatoms. The predicted octanol–water partition coefficient (Wildman–Crippen LogP) is 9.85. The molecule has 0 atom stereocenters. The van der Waals surface area contributed by atoms with Gasteiger partial charge in [-0.05, 0) is 71.1 Å². The average molecular weight is 383 g/mol. The van der Waals surface area contributed by atoms with Gasteiger partial charge >= 0.3 is 0 Å². The Balaban J connectivity index is 0. The maximum Gasteiger partial charge on any atom is -0.0345 e. The summed E-state index contributed by atoms with van der Waals surface area (Å²) in [6.07, 6.45) is 42.6. The quantitative estimate of drug-likeness (QED) is 0.328. The Labute approximate surface area is 177 Å². The zero-order chi connectivity index (χ0) is 21.0. The van der Waals surface area contributed by atoms with Crippen LogP contribution in [0.1, 0.15) is 91.9 Å². The molecule has 0 radical (unpaired) electrons. The summed E-state index contributed by atoms with van der Waals surface area (Å²) in [7, 11) is 0. The summed E-state index contributed by atoms with van der Waals surface area (Å²) < 4.78 is 0. The fourth-order valence-corrected chi connectivity index (χ4v) is 2.22. The fraction of sp³-hybridized carbons (Fsp3) is 0.500. The van der Waals surface area contributed by atoms with Crippen molar-refractivity contribution in [2.75, 3.05) is 0 Å². The van der Waals surface area contributed by atoms with Crippen molar-refractivity contribution in [2.24, 2.45) is 0 Å². The topological polar surface area (TPSA) is 0 Å². The van der Waals surface area contributed by atoms with Crippen molar-refractivity contribution in [2.45, 2.75) is 91.9 Å². The summed E-state index contributed by atoms with van der Waals surface area (Å²) >= 11 is 0. The zero-order valence-corrected chi connectivity index (χ0v) is 19.2. The van der Waals surface area contributed by atoms with Crippen molar-refractivity contribution >= 4 is 0 Å². The predicted molar refractivity (Wildman–Crippen MR) is 133 cm³/mol. The SMILES string of the molecule is C/C=C\C=C/CC.C1=CCCCC1.C1=CCCCC=C1.CC/C=C\C=C/CC. The Kier molecular flexibility index (Phi) is 30.3. The first kappa shape index (κ1) is 28.4. The van der Waals surface area contributed by atoms with Gasteiger partial charge in [-0.3, -0.25) is 0 Å². The third-order valence-electron chi connectivity index (χ3n) is 3.81. The van der Waals surface area contributed by atoms with Crippen LogP contribution >= 0.6 is 0 Å². The molecule has 2 aliphatic rings. The van der Waals surface area contributed by atoms with Crippen LogP contribution in [0.2, 0.25) is 0 Å². The molecule has 0 unspecified atom stereocenters. The molecule has 0 heterocycles. The highest BCUT2D eigenvalue weighted by molar-refractivity contribution is 5.04. The summed E-state index contributed by atoms with van der Waals surface area (Å²) in [4.78, 5) is 0. The molecule has 0 nitrogen and oxygen atoms in total. The van der Waals surface area contributed by atoms with Gasteiger partial charge in [-0.2, -0.15) is 0 Å². The van der Waals surface area contributed by atoms with E-state index in [9.17, 15) is 0 Å². The molecule has 2 aliphatic carbocycles. The molecule has 28 heavy (non-hydrogen) atoms. The lowest BCUT2D eigenvalue weighted by Gasteiger charge is -1.97. The fourth-order valence-electron chi connectivity index (χ4n) is 2.22. The van der Waals surface area contributed by atoms with Crippen molar-refractivity contribution in [3.8, 4) is 0 Å². The minimum Gasteiger partial charge on any atom is -0.0885 e. The molecule has 0 saturated carbocycles. The van der Waals surface area contributed by atoms with E-state index in [0.717, 1.165) is 19.3 Å². The van der Waals surface area contributed by atoms with E-state index in [0.29, 0.717) is 0 Å². The number of hydrogen-bond acceptors (Lipinski definition) is 0. The van der Waals surface area contributed by atoms with Gasteiger partial charge in [-0.1, -0.05) is 106 Å². The van der Waals surface area contributed by atoms with Gasteiger partial charge in [0.25, 0.3) is 0 Å². The molecule has 0 saturated heterocycles. The summed E-state index contributed by atoms with van der Waals surface area (Å²) in [5.41, 5.74) is 0. The first-order valence-corrected chi connectivity index (χ1v) is 11.4. The summed E-state index contributed by atoms with van der Waals surface area (Å²) in [6, 6.07) is 0. The Hall–Kier alpha value is -1.82. The van der Waals surface area contributed by atoms with Crippen LogP contribution in [0.3, 0.4) is 0 Å². The highest BCUT2D eigenvalue weighted by Gasteiger charge is 1.87. The summed E-state index contributed by atoms with van der Waals surface area (Å²) in [5.74, 6) is 0. The lowest BCUT2D eigenvalue weighted by Crippen LogP contribution is -1.77. The van der Waals surface area contributed by atoms with Gasteiger partial charge in [0.15, 0.2) is 0 Å². The monoisotopic (exact) mass is 382 g/mol. The third kappa shape index (κ3) is 31.9. The van der Waals surface area contributed by atoms with Crippen LogP contribution in [0, 0.1) is 0 Å². The van der Waals surface area contributed by atoms with E-state index in [1.807, 2.05) is 19.1 Å². The molecule has 0 N–H and O–H groups in total. The molecule has 0 amide bonds. The Morgan fingerprint density at radius 3 is 1.25 bits per heavy atom. The van der Waals surface area contributed by atoms with E-state index in [1.165, 1.54) is 44.9 Å². The molecule has 0 aromatic carbocycles. The first-order chi connectivity index (χ1) is 13.8. The molecule has 0 fully saturated rings. The molecule has 0 bridgehead atoms. The van der Waals surface area contributed by atoms with Gasteiger partial charge < -0.3 is 0 Å². The third-order valence-corrected chi connectivity index (χ3v) is 3.81. The Morgan fingerprint density at radius 1 is 0.536 bits per heavy atom. The summed E-state index contributed by atoms with van der Waals surface area (Å²) in [6.45, 7) is 8.41. The maximum absolute atomic E-state index is 2.27. The molecule has 2 rings (SSSR count). The van der Waals surface area contributed by atoms with E-state index >= 15 is 0 Å². The van der Waals surface area contributed by atoms with Crippen LogP contribution in [0.5, 0.6) is 0 Å². The molecular formula is C28H46. The molecule has 0 aliphatic heterocycles. The van der Waals surface area contributed by atoms with Crippen LogP contribution in [-0.4, -0.2) is 0 Å². The molecule has 0 spiro atoms. The molecule has 0 aromatic rings. The average Bonchev–Trinajstić information content (AvgIpc) is 3.08. The van der Waals surface area contributed by atoms with Gasteiger partial charge in [0.05, 0.1) is 0 Å². The first-order valence-electron chi connectivity index (χ1n) is 11.4. The highest BCUT2D eigenvalue weighted by Crippen LogP contribution is 2.07. The van der Waals surface area contributed by atoms with Gasteiger partial charge in [0.2, 0.25) is 0 Å². The maximum atomic E-state index is 2.27. The second-order valence-corrected chi connectivity index (χ2v) is 6.58. The standard InChI is InChI=1S/C8H14.C7H10.C7H12.C6H10/c1-3-5-7-8-6-4-2;1-2-4-6-7-5-3-1;1-3-5-7-6-4-2;1-2-4-6-5-3-1/h5-8H,3-4H2,1-2H3;1-4H,5-7H2;3,5-7H,4H2,1-2H3;1-2H,3-6H2/b7-5-,8-6-;;5-3-,7-6-;. The normalized spacial score (nSPS) is 15.7. The van der Waals surface area contributed by atoms with Crippen molar-refractivity contribution in [3.05, 3.63) is 85.1 Å². The second-order valence-electron chi connectivity index (χ2n) is 6.58. The smallest absolute Gasteiger partial charge is 0.0345 e. The minimum absolute atomic E-state index is 1.13. The largest absolute Gasteiger partial charge is 0.0885 e. The van der Waals surface area contributed by atoms with Gasteiger partial charge in [-0.25, -0.2) is 0 Å². The number of allylic oxidation sites excluding steroid dienone is 14. The van der Waals surface area contributed by atoms with E-state index in [2.05, 4.69) is 93.7 Å². The summed E-state index contributed by atoms with van der Waals surface area (Å²) in [5, 5.41) is 0.